The molecular weight excluding hydrogens is 396 g/mol. The first-order chi connectivity index (χ1) is 15.2. The summed E-state index contributed by atoms with van der Waals surface area (Å²) in [5.41, 5.74) is 1.85. The van der Waals surface area contributed by atoms with Crippen LogP contribution in [0, 0.1) is 5.92 Å². The number of nitrogens with zero attached hydrogens (tertiary/aromatic N) is 3. The zero-order valence-corrected chi connectivity index (χ0v) is 17.7. The molecule has 1 N–H and O–H groups in total. The lowest BCUT2D eigenvalue weighted by Gasteiger charge is -2.30. The molecule has 1 atom stereocenters. The van der Waals surface area contributed by atoms with Crippen LogP contribution in [0.1, 0.15) is 18.4 Å². The summed E-state index contributed by atoms with van der Waals surface area (Å²) in [4.78, 5) is 19.3. The lowest BCUT2D eigenvalue weighted by molar-refractivity contribution is -0.125. The molecule has 2 aromatic carbocycles. The summed E-state index contributed by atoms with van der Waals surface area (Å²) in [7, 11) is 3.26. The van der Waals surface area contributed by atoms with Gasteiger partial charge in [0, 0.05) is 25.2 Å². The highest BCUT2D eigenvalue weighted by Crippen LogP contribution is 2.26. The number of anilines is 1. The van der Waals surface area contributed by atoms with Crippen molar-refractivity contribution in [1.29, 1.82) is 0 Å². The van der Waals surface area contributed by atoms with E-state index in [2.05, 4.69) is 15.5 Å². The number of hydrogen-bond acceptors (Lipinski definition) is 7. The maximum atomic E-state index is 12.7. The summed E-state index contributed by atoms with van der Waals surface area (Å²) < 4.78 is 15.9. The van der Waals surface area contributed by atoms with Crippen LogP contribution in [-0.4, -0.2) is 43.4 Å². The summed E-state index contributed by atoms with van der Waals surface area (Å²) in [6.45, 7) is 1.80. The number of aromatic nitrogens is 2. The van der Waals surface area contributed by atoms with Gasteiger partial charge in [-0.25, -0.2) is 0 Å². The van der Waals surface area contributed by atoms with Crippen LogP contribution in [0.25, 0.3) is 11.4 Å². The lowest BCUT2D eigenvalue weighted by Crippen LogP contribution is -2.43. The van der Waals surface area contributed by atoms with Crippen LogP contribution in [0.5, 0.6) is 11.5 Å². The van der Waals surface area contributed by atoms with Gasteiger partial charge in [-0.2, -0.15) is 4.98 Å². The first kappa shape index (κ1) is 20.7. The van der Waals surface area contributed by atoms with Gasteiger partial charge in [0.05, 0.1) is 20.1 Å². The molecule has 0 aliphatic carbocycles. The fourth-order valence-electron chi connectivity index (χ4n) is 3.68. The van der Waals surface area contributed by atoms with Crippen molar-refractivity contribution >= 4 is 11.9 Å². The monoisotopic (exact) mass is 422 g/mol. The van der Waals surface area contributed by atoms with E-state index in [1.165, 1.54) is 0 Å². The number of piperidine rings is 1. The predicted molar refractivity (Wildman–Crippen MR) is 116 cm³/mol. The highest BCUT2D eigenvalue weighted by Gasteiger charge is 2.28. The molecule has 1 fully saturated rings. The Morgan fingerprint density at radius 3 is 2.74 bits per heavy atom. The van der Waals surface area contributed by atoms with Crippen LogP contribution in [0.4, 0.5) is 6.01 Å². The number of rotatable bonds is 7. The Balaban J connectivity index is 1.36. The van der Waals surface area contributed by atoms with Crippen LogP contribution in [0.2, 0.25) is 0 Å². The van der Waals surface area contributed by atoms with Crippen molar-refractivity contribution in [2.45, 2.75) is 19.4 Å². The molecule has 1 amide bonds. The third kappa shape index (κ3) is 4.96. The van der Waals surface area contributed by atoms with Gasteiger partial charge >= 0.3 is 6.01 Å². The Hall–Kier alpha value is -3.55. The number of hydrogen-bond donors (Lipinski definition) is 1. The summed E-state index contributed by atoms with van der Waals surface area (Å²) in [5, 5.41) is 7.13. The molecule has 1 aliphatic heterocycles. The predicted octanol–water partition coefficient (Wildman–Crippen LogP) is 3.29. The smallest absolute Gasteiger partial charge is 0.324 e. The third-order valence-corrected chi connectivity index (χ3v) is 5.43. The minimum absolute atomic E-state index is 0.0300. The Morgan fingerprint density at radius 1 is 1.16 bits per heavy atom. The lowest BCUT2D eigenvalue weighted by atomic mass is 9.97. The Labute approximate surface area is 181 Å². The number of carbonyl (C=O) groups is 1. The van der Waals surface area contributed by atoms with Gasteiger partial charge in [-0.15, -0.1) is 0 Å². The highest BCUT2D eigenvalue weighted by atomic mass is 16.5. The second kappa shape index (κ2) is 9.51. The van der Waals surface area contributed by atoms with E-state index in [-0.39, 0.29) is 11.8 Å². The SMILES string of the molecule is COc1ccc(-c2noc(N3CCC[C@@H](C(=O)NCc4cccc(OC)c4)C3)n2)cc1. The average Bonchev–Trinajstić information content (AvgIpc) is 3.33. The topological polar surface area (TPSA) is 89.7 Å². The highest BCUT2D eigenvalue weighted by molar-refractivity contribution is 5.79. The van der Waals surface area contributed by atoms with Gasteiger partial charge < -0.3 is 24.2 Å². The molecule has 2 heterocycles. The molecular formula is C23H26N4O4. The summed E-state index contributed by atoms with van der Waals surface area (Å²) >= 11 is 0. The largest absolute Gasteiger partial charge is 0.497 e. The zero-order valence-electron chi connectivity index (χ0n) is 17.7. The second-order valence-electron chi connectivity index (χ2n) is 7.48. The molecule has 1 aliphatic rings. The Morgan fingerprint density at radius 2 is 1.97 bits per heavy atom. The summed E-state index contributed by atoms with van der Waals surface area (Å²) in [5.74, 6) is 1.96. The van der Waals surface area contributed by atoms with E-state index in [4.69, 9.17) is 14.0 Å². The van der Waals surface area contributed by atoms with Gasteiger partial charge in [0.25, 0.3) is 0 Å². The summed E-state index contributed by atoms with van der Waals surface area (Å²) in [6.07, 6.45) is 1.72. The van der Waals surface area contributed by atoms with Gasteiger partial charge in [0.1, 0.15) is 11.5 Å². The van der Waals surface area contributed by atoms with Gasteiger partial charge in [-0.05, 0) is 54.8 Å². The van der Waals surface area contributed by atoms with Gasteiger partial charge in [-0.1, -0.05) is 17.3 Å². The van der Waals surface area contributed by atoms with Gasteiger partial charge in [0.15, 0.2) is 0 Å². The Bertz CT molecular complexity index is 1020. The molecule has 0 bridgehead atoms. The molecule has 0 unspecified atom stereocenters. The fourth-order valence-corrected chi connectivity index (χ4v) is 3.68. The van der Waals surface area contributed by atoms with Gasteiger partial charge in [0.2, 0.25) is 11.7 Å². The minimum Gasteiger partial charge on any atom is -0.497 e. The van der Waals surface area contributed by atoms with Crippen molar-refractivity contribution in [1.82, 2.24) is 15.5 Å². The van der Waals surface area contributed by atoms with Crippen molar-refractivity contribution in [3.63, 3.8) is 0 Å². The van der Waals surface area contributed by atoms with Crippen LogP contribution in [-0.2, 0) is 11.3 Å². The molecule has 8 nitrogen and oxygen atoms in total. The first-order valence-electron chi connectivity index (χ1n) is 10.3. The van der Waals surface area contributed by atoms with E-state index in [9.17, 15) is 4.79 Å². The normalized spacial score (nSPS) is 16.1. The van der Waals surface area contributed by atoms with Gasteiger partial charge in [-0.3, -0.25) is 4.79 Å². The molecule has 31 heavy (non-hydrogen) atoms. The van der Waals surface area contributed by atoms with Crippen molar-refractivity contribution < 1.29 is 18.8 Å². The number of benzene rings is 2. The third-order valence-electron chi connectivity index (χ3n) is 5.43. The van der Waals surface area contributed by atoms with E-state index in [0.29, 0.717) is 24.9 Å². The molecule has 162 valence electrons. The van der Waals surface area contributed by atoms with Crippen LogP contribution < -0.4 is 19.7 Å². The second-order valence-corrected chi connectivity index (χ2v) is 7.48. The van der Waals surface area contributed by atoms with Crippen LogP contribution in [0.3, 0.4) is 0 Å². The Kier molecular flexibility index (Phi) is 6.35. The maximum Gasteiger partial charge on any atom is 0.324 e. The van der Waals surface area contributed by atoms with Crippen molar-refractivity contribution in [2.24, 2.45) is 5.92 Å². The van der Waals surface area contributed by atoms with Crippen LogP contribution >= 0.6 is 0 Å². The molecule has 1 saturated heterocycles. The first-order valence-corrected chi connectivity index (χ1v) is 10.3. The standard InChI is InChI=1S/C23H26N4O4/c1-29-19-10-8-17(9-11-19)21-25-23(31-26-21)27-12-4-6-18(15-27)22(28)24-14-16-5-3-7-20(13-16)30-2/h3,5,7-11,13,18H,4,6,12,14-15H2,1-2H3,(H,24,28)/t18-/m1/s1. The molecule has 1 aromatic heterocycles. The van der Waals surface area contributed by atoms with Crippen molar-refractivity contribution in [3.8, 4) is 22.9 Å². The van der Waals surface area contributed by atoms with E-state index >= 15 is 0 Å². The molecule has 0 saturated carbocycles. The number of nitrogens with one attached hydrogen (secondary N) is 1. The van der Waals surface area contributed by atoms with E-state index in [1.807, 2.05) is 53.4 Å². The molecule has 8 heteroatoms. The fraction of sp³-hybridized carbons (Fsp3) is 0.348. The quantitative estimate of drug-likeness (QED) is 0.625. The minimum atomic E-state index is -0.129. The summed E-state index contributed by atoms with van der Waals surface area (Å²) in [6, 6.07) is 15.6. The van der Waals surface area contributed by atoms with E-state index in [1.54, 1.807) is 14.2 Å². The molecule has 3 aromatic rings. The maximum absolute atomic E-state index is 12.7. The molecule has 4 rings (SSSR count). The number of methoxy groups -OCH3 is 2. The van der Waals surface area contributed by atoms with Crippen molar-refractivity contribution in [3.05, 3.63) is 54.1 Å². The zero-order chi connectivity index (χ0) is 21.6. The molecule has 0 spiro atoms. The van der Waals surface area contributed by atoms with E-state index in [0.717, 1.165) is 42.0 Å². The number of amides is 1. The number of ether oxygens (including phenoxy) is 2. The van der Waals surface area contributed by atoms with Crippen LogP contribution in [0.15, 0.2) is 53.1 Å². The average molecular weight is 422 g/mol. The van der Waals surface area contributed by atoms with Crippen molar-refractivity contribution in [2.75, 3.05) is 32.2 Å². The molecule has 0 radical (unpaired) electrons. The van der Waals surface area contributed by atoms with E-state index < -0.39 is 0 Å². The number of carbonyl (C=O) groups excluding carboxylic acids is 1.